The molecule has 0 bridgehead atoms. The highest BCUT2D eigenvalue weighted by Gasteiger charge is 1.98. The first-order chi connectivity index (χ1) is 8.79. The lowest BCUT2D eigenvalue weighted by Gasteiger charge is -2.07. The first kappa shape index (κ1) is 12.4. The third-order valence-corrected chi connectivity index (χ3v) is 2.67. The smallest absolute Gasteiger partial charge is 0.219 e. The number of aromatic nitrogens is 1. The molecule has 1 aromatic heterocycles. The van der Waals surface area contributed by atoms with E-state index in [2.05, 4.69) is 15.6 Å². The van der Waals surface area contributed by atoms with E-state index in [9.17, 15) is 4.79 Å². The van der Waals surface area contributed by atoms with Crippen LogP contribution in [0.4, 0.5) is 5.82 Å². The van der Waals surface area contributed by atoms with Gasteiger partial charge in [0.05, 0.1) is 5.52 Å². The highest BCUT2D eigenvalue weighted by molar-refractivity contribution is 5.80. The second kappa shape index (κ2) is 6.00. The minimum absolute atomic E-state index is 0.0725. The van der Waals surface area contributed by atoms with Gasteiger partial charge in [-0.2, -0.15) is 0 Å². The predicted octanol–water partition coefficient (Wildman–Crippen LogP) is 2.17. The molecule has 1 aromatic carbocycles. The molecule has 2 rings (SSSR count). The zero-order valence-electron chi connectivity index (χ0n) is 10.4. The van der Waals surface area contributed by atoms with E-state index < -0.39 is 0 Å². The molecular formula is C14H17N3O. The van der Waals surface area contributed by atoms with Crippen molar-refractivity contribution in [1.82, 2.24) is 10.3 Å². The molecule has 0 atom stereocenters. The van der Waals surface area contributed by atoms with Gasteiger partial charge in [0.1, 0.15) is 5.82 Å². The number of rotatable bonds is 5. The average Bonchev–Trinajstić information content (AvgIpc) is 2.43. The van der Waals surface area contributed by atoms with Crippen LogP contribution in [0.15, 0.2) is 36.4 Å². The summed E-state index contributed by atoms with van der Waals surface area (Å²) in [6.07, 6.45) is 0.522. The van der Waals surface area contributed by atoms with Crippen LogP contribution in [0.5, 0.6) is 0 Å². The van der Waals surface area contributed by atoms with Gasteiger partial charge in [0.25, 0.3) is 0 Å². The number of anilines is 1. The average molecular weight is 243 g/mol. The van der Waals surface area contributed by atoms with E-state index in [1.165, 1.54) is 0 Å². The quantitative estimate of drug-likeness (QED) is 0.791. The van der Waals surface area contributed by atoms with E-state index in [4.69, 9.17) is 0 Å². The summed E-state index contributed by atoms with van der Waals surface area (Å²) in [5, 5.41) is 7.13. The number of nitrogens with zero attached hydrogens (tertiary/aromatic N) is 1. The number of hydrogen-bond donors (Lipinski definition) is 2. The number of benzene rings is 1. The molecule has 1 amide bonds. The van der Waals surface area contributed by atoms with Crippen molar-refractivity contribution in [2.75, 3.05) is 18.4 Å². The van der Waals surface area contributed by atoms with Crippen molar-refractivity contribution in [3.63, 3.8) is 0 Å². The fraction of sp³-hybridized carbons (Fsp3) is 0.286. The second-order valence-corrected chi connectivity index (χ2v) is 4.02. The molecule has 0 aliphatic carbocycles. The normalized spacial score (nSPS) is 10.3. The first-order valence-electron chi connectivity index (χ1n) is 6.16. The van der Waals surface area contributed by atoms with Gasteiger partial charge in [0.15, 0.2) is 0 Å². The number of nitrogens with one attached hydrogen (secondary N) is 2. The van der Waals surface area contributed by atoms with Gasteiger partial charge < -0.3 is 10.6 Å². The van der Waals surface area contributed by atoms with Gasteiger partial charge in [-0.05, 0) is 18.2 Å². The zero-order valence-corrected chi connectivity index (χ0v) is 10.4. The van der Waals surface area contributed by atoms with Crippen LogP contribution in [0.25, 0.3) is 10.9 Å². The summed E-state index contributed by atoms with van der Waals surface area (Å²) in [4.78, 5) is 15.5. The minimum Gasteiger partial charge on any atom is -0.368 e. The fourth-order valence-electron chi connectivity index (χ4n) is 1.68. The molecule has 0 saturated carbocycles. The Hall–Kier alpha value is -2.10. The highest BCUT2D eigenvalue weighted by Crippen LogP contribution is 2.13. The lowest BCUT2D eigenvalue weighted by molar-refractivity contribution is -0.120. The van der Waals surface area contributed by atoms with Crippen molar-refractivity contribution in [2.24, 2.45) is 0 Å². The van der Waals surface area contributed by atoms with Crippen LogP contribution in [0.3, 0.4) is 0 Å². The number of amides is 1. The molecule has 0 unspecified atom stereocenters. The molecule has 0 radical (unpaired) electrons. The van der Waals surface area contributed by atoms with Crippen molar-refractivity contribution >= 4 is 22.6 Å². The first-order valence-corrected chi connectivity index (χ1v) is 6.16. The predicted molar refractivity (Wildman–Crippen MR) is 73.5 cm³/mol. The van der Waals surface area contributed by atoms with Crippen molar-refractivity contribution < 1.29 is 4.79 Å². The van der Waals surface area contributed by atoms with Gasteiger partial charge in [0.2, 0.25) is 5.91 Å². The number of para-hydroxylation sites is 1. The molecule has 4 heteroatoms. The molecule has 0 spiro atoms. The van der Waals surface area contributed by atoms with Crippen LogP contribution in [-0.4, -0.2) is 24.0 Å². The summed E-state index contributed by atoms with van der Waals surface area (Å²) in [6, 6.07) is 12.0. The number of carbonyl (C=O) groups excluding carboxylic acids is 1. The third kappa shape index (κ3) is 3.20. The van der Waals surface area contributed by atoms with Gasteiger partial charge >= 0.3 is 0 Å². The molecule has 0 aliphatic heterocycles. The Balaban J connectivity index is 1.90. The summed E-state index contributed by atoms with van der Waals surface area (Å²) in [5.74, 6) is 0.905. The minimum atomic E-state index is 0.0725. The van der Waals surface area contributed by atoms with Crippen LogP contribution < -0.4 is 10.6 Å². The molecule has 2 N–H and O–H groups in total. The van der Waals surface area contributed by atoms with E-state index in [0.717, 1.165) is 16.7 Å². The maximum Gasteiger partial charge on any atom is 0.219 e. The molecule has 94 valence electrons. The van der Waals surface area contributed by atoms with Crippen LogP contribution in [0, 0.1) is 0 Å². The van der Waals surface area contributed by atoms with Crippen molar-refractivity contribution in [2.45, 2.75) is 13.3 Å². The van der Waals surface area contributed by atoms with Gasteiger partial charge in [0, 0.05) is 24.9 Å². The van der Waals surface area contributed by atoms with Crippen LogP contribution in [-0.2, 0) is 4.79 Å². The fourth-order valence-corrected chi connectivity index (χ4v) is 1.68. The van der Waals surface area contributed by atoms with E-state index in [0.29, 0.717) is 19.5 Å². The van der Waals surface area contributed by atoms with Crippen molar-refractivity contribution in [3.05, 3.63) is 36.4 Å². The molecule has 0 aliphatic rings. The third-order valence-electron chi connectivity index (χ3n) is 2.67. The second-order valence-electron chi connectivity index (χ2n) is 4.02. The Morgan fingerprint density at radius 1 is 1.17 bits per heavy atom. The SMILES string of the molecule is CCC(=O)NCCNc1ccc2ccccc2n1. The number of carbonyl (C=O) groups is 1. The Labute approximate surface area is 106 Å². The molecule has 0 fully saturated rings. The van der Waals surface area contributed by atoms with Crippen LogP contribution in [0.1, 0.15) is 13.3 Å². The number of fused-ring (bicyclic) bond motifs is 1. The maximum atomic E-state index is 11.0. The summed E-state index contributed by atoms with van der Waals surface area (Å²) in [5.41, 5.74) is 0.972. The summed E-state index contributed by atoms with van der Waals surface area (Å²) in [7, 11) is 0. The molecule has 18 heavy (non-hydrogen) atoms. The summed E-state index contributed by atoms with van der Waals surface area (Å²) < 4.78 is 0. The van der Waals surface area contributed by atoms with Crippen LogP contribution in [0.2, 0.25) is 0 Å². The monoisotopic (exact) mass is 243 g/mol. The zero-order chi connectivity index (χ0) is 12.8. The van der Waals surface area contributed by atoms with Crippen molar-refractivity contribution in [3.8, 4) is 0 Å². The van der Waals surface area contributed by atoms with Gasteiger partial charge in [-0.3, -0.25) is 4.79 Å². The molecule has 4 nitrogen and oxygen atoms in total. The Kier molecular flexibility index (Phi) is 4.12. The molecule has 2 aromatic rings. The molecular weight excluding hydrogens is 226 g/mol. The van der Waals surface area contributed by atoms with Crippen molar-refractivity contribution in [1.29, 1.82) is 0 Å². The van der Waals surface area contributed by atoms with E-state index in [1.807, 2.05) is 43.3 Å². The van der Waals surface area contributed by atoms with Gasteiger partial charge in [-0.1, -0.05) is 25.1 Å². The van der Waals surface area contributed by atoms with Gasteiger partial charge in [-0.25, -0.2) is 4.98 Å². The Bertz CT molecular complexity index is 539. The van der Waals surface area contributed by atoms with E-state index in [-0.39, 0.29) is 5.91 Å². The number of hydrogen-bond acceptors (Lipinski definition) is 3. The Morgan fingerprint density at radius 2 is 2.00 bits per heavy atom. The largest absolute Gasteiger partial charge is 0.368 e. The summed E-state index contributed by atoms with van der Waals surface area (Å²) in [6.45, 7) is 3.13. The topological polar surface area (TPSA) is 54.0 Å². The van der Waals surface area contributed by atoms with E-state index in [1.54, 1.807) is 0 Å². The standard InChI is InChI=1S/C14H17N3O/c1-2-14(18)16-10-9-15-13-8-7-11-5-3-4-6-12(11)17-13/h3-8H,2,9-10H2,1H3,(H,15,17)(H,16,18). The van der Waals surface area contributed by atoms with E-state index >= 15 is 0 Å². The maximum absolute atomic E-state index is 11.0. The Morgan fingerprint density at radius 3 is 2.83 bits per heavy atom. The summed E-state index contributed by atoms with van der Waals surface area (Å²) >= 11 is 0. The molecule has 0 saturated heterocycles. The lowest BCUT2D eigenvalue weighted by atomic mass is 10.2. The highest BCUT2D eigenvalue weighted by atomic mass is 16.1. The molecule has 1 heterocycles. The van der Waals surface area contributed by atoms with Gasteiger partial charge in [-0.15, -0.1) is 0 Å². The van der Waals surface area contributed by atoms with Crippen LogP contribution >= 0.6 is 0 Å². The lowest BCUT2D eigenvalue weighted by Crippen LogP contribution is -2.28. The number of pyridine rings is 1.